The van der Waals surface area contributed by atoms with Crippen LogP contribution >= 0.6 is 0 Å². The van der Waals surface area contributed by atoms with E-state index in [1.165, 1.54) is 6.92 Å². The molecule has 1 aliphatic rings. The van der Waals surface area contributed by atoms with Crippen LogP contribution in [0.25, 0.3) is 0 Å². The molecule has 0 bridgehead atoms. The molecule has 1 saturated heterocycles. The Labute approximate surface area is 111 Å². The molecule has 1 aliphatic heterocycles. The molecule has 1 aromatic heterocycles. The Morgan fingerprint density at radius 1 is 1.65 bits per heavy atom. The molecule has 1 fully saturated rings. The third-order valence-electron chi connectivity index (χ3n) is 2.90. The van der Waals surface area contributed by atoms with E-state index in [0.717, 1.165) is 6.20 Å². The van der Waals surface area contributed by atoms with Crippen molar-refractivity contribution >= 4 is 0 Å². The van der Waals surface area contributed by atoms with Gasteiger partial charge in [-0.05, 0) is 6.92 Å². The number of ether oxygens (including phenoxy) is 1. The summed E-state index contributed by atoms with van der Waals surface area (Å²) in [6, 6.07) is 0. The number of H-pyrrole nitrogens is 1. The summed E-state index contributed by atoms with van der Waals surface area (Å²) in [7, 11) is 0. The number of hydrogen-bond acceptors (Lipinski definition) is 6. The predicted molar refractivity (Wildman–Crippen MR) is 63.4 cm³/mol. The number of rotatable bonds is 2. The molecular weight excluding hydrogens is 273 g/mol. The van der Waals surface area contributed by atoms with Gasteiger partial charge in [-0.3, -0.25) is 9.78 Å². The minimum Gasteiger partial charge on any atom is -0.394 e. The zero-order valence-corrected chi connectivity index (χ0v) is 10.4. The number of aromatic amines is 1. The van der Waals surface area contributed by atoms with Crippen LogP contribution in [-0.4, -0.2) is 49.5 Å². The summed E-state index contributed by atoms with van der Waals surface area (Å²) >= 11 is 0. The minimum atomic E-state index is -2.63. The third kappa shape index (κ3) is 2.14. The molecule has 4 atom stereocenters. The lowest BCUT2D eigenvalue weighted by Crippen LogP contribution is -2.46. The Kier molecular flexibility index (Phi) is 3.71. The van der Waals surface area contributed by atoms with Crippen molar-refractivity contribution in [2.45, 2.75) is 31.0 Å². The van der Waals surface area contributed by atoms with Gasteiger partial charge in [0.15, 0.2) is 0 Å². The molecule has 2 unspecified atom stereocenters. The first-order chi connectivity index (χ1) is 9.43. The summed E-state index contributed by atoms with van der Waals surface area (Å²) in [5, 5.41) is 22.4. The topological polar surface area (TPSA) is 117 Å². The van der Waals surface area contributed by atoms with Gasteiger partial charge in [-0.25, -0.2) is 9.18 Å². The van der Waals surface area contributed by atoms with Gasteiger partial charge < -0.3 is 14.9 Å². The normalized spacial score (nSPS) is 32.7. The van der Waals surface area contributed by atoms with Crippen LogP contribution in [0.2, 0.25) is 0 Å². The van der Waals surface area contributed by atoms with Crippen LogP contribution in [0.15, 0.2) is 15.8 Å². The first-order valence-electron chi connectivity index (χ1n) is 5.69. The van der Waals surface area contributed by atoms with Crippen molar-refractivity contribution in [2.24, 2.45) is 0 Å². The van der Waals surface area contributed by atoms with E-state index in [1.807, 2.05) is 4.98 Å². The summed E-state index contributed by atoms with van der Waals surface area (Å²) in [6.45, 7) is 0.688. The molecule has 0 saturated carbocycles. The quantitative estimate of drug-likeness (QED) is 0.537. The predicted octanol–water partition coefficient (Wildman–Crippen LogP) is -2.09. The second-order valence-corrected chi connectivity index (χ2v) is 4.18. The lowest BCUT2D eigenvalue weighted by atomic mass is 9.97. The molecule has 0 aromatic carbocycles. The standard InChI is InChI=1S/C11H12FN3O5/c1-2-3-11(12)8(18)6(5-16)20-9(11)15-10(19)14-7(17)4-13-15/h4,6,8-9,16,18H,5H2,1H3,(H,14,17,19)/t6-,8?,9-,11?/m1/s1. The van der Waals surface area contributed by atoms with Gasteiger partial charge in [-0.15, -0.1) is 5.92 Å². The number of nitrogens with one attached hydrogen (secondary N) is 1. The monoisotopic (exact) mass is 285 g/mol. The van der Waals surface area contributed by atoms with E-state index >= 15 is 0 Å². The number of alkyl halides is 1. The zero-order valence-electron chi connectivity index (χ0n) is 10.4. The van der Waals surface area contributed by atoms with Crippen LogP contribution in [0.1, 0.15) is 13.2 Å². The van der Waals surface area contributed by atoms with Gasteiger partial charge in [0.2, 0.25) is 11.9 Å². The second-order valence-electron chi connectivity index (χ2n) is 4.18. The van der Waals surface area contributed by atoms with E-state index in [-0.39, 0.29) is 0 Å². The highest BCUT2D eigenvalue weighted by molar-refractivity contribution is 5.22. The number of halogens is 1. The maximum atomic E-state index is 14.8. The van der Waals surface area contributed by atoms with E-state index in [2.05, 4.69) is 16.9 Å². The maximum absolute atomic E-state index is 14.8. The van der Waals surface area contributed by atoms with Gasteiger partial charge >= 0.3 is 5.69 Å². The van der Waals surface area contributed by atoms with E-state index < -0.39 is 42.0 Å². The van der Waals surface area contributed by atoms with Gasteiger partial charge in [0.25, 0.3) is 5.56 Å². The Bertz CT molecular complexity index is 675. The molecule has 108 valence electrons. The molecule has 0 spiro atoms. The van der Waals surface area contributed by atoms with Gasteiger partial charge in [0.05, 0.1) is 6.61 Å². The molecule has 20 heavy (non-hydrogen) atoms. The van der Waals surface area contributed by atoms with E-state index in [0.29, 0.717) is 4.68 Å². The lowest BCUT2D eigenvalue weighted by Gasteiger charge is -2.22. The summed E-state index contributed by atoms with van der Waals surface area (Å²) in [4.78, 5) is 24.5. The SMILES string of the molecule is CC#CC1(F)C(O)[C@@H](CO)O[C@H]1n1ncc(=O)[nH]c1=O. The average molecular weight is 285 g/mol. The molecule has 0 radical (unpaired) electrons. The molecule has 9 heteroatoms. The van der Waals surface area contributed by atoms with Crippen molar-refractivity contribution in [1.29, 1.82) is 0 Å². The number of aromatic nitrogens is 3. The van der Waals surface area contributed by atoms with Crippen LogP contribution < -0.4 is 11.2 Å². The van der Waals surface area contributed by atoms with Crippen LogP contribution in [0.5, 0.6) is 0 Å². The van der Waals surface area contributed by atoms with Gasteiger partial charge in [0, 0.05) is 0 Å². The van der Waals surface area contributed by atoms with Crippen molar-refractivity contribution in [3.05, 3.63) is 27.0 Å². The van der Waals surface area contributed by atoms with Gasteiger partial charge in [-0.2, -0.15) is 9.78 Å². The Morgan fingerprint density at radius 2 is 2.35 bits per heavy atom. The molecule has 0 aliphatic carbocycles. The Balaban J connectivity index is 2.55. The third-order valence-corrected chi connectivity index (χ3v) is 2.90. The first kappa shape index (κ1) is 14.4. The molecule has 0 amide bonds. The molecule has 2 rings (SSSR count). The molecule has 1 aromatic rings. The summed E-state index contributed by atoms with van der Waals surface area (Å²) in [5.41, 5.74) is -4.39. The van der Waals surface area contributed by atoms with Crippen molar-refractivity contribution in [1.82, 2.24) is 14.8 Å². The van der Waals surface area contributed by atoms with Crippen molar-refractivity contribution in [3.8, 4) is 11.8 Å². The van der Waals surface area contributed by atoms with Gasteiger partial charge in [0.1, 0.15) is 18.4 Å². The van der Waals surface area contributed by atoms with Crippen LogP contribution in [0.4, 0.5) is 4.39 Å². The van der Waals surface area contributed by atoms with Crippen LogP contribution in [0, 0.1) is 11.8 Å². The van der Waals surface area contributed by atoms with Crippen LogP contribution in [0.3, 0.4) is 0 Å². The zero-order chi connectivity index (χ0) is 14.9. The average Bonchev–Trinajstić information content (AvgIpc) is 2.63. The fourth-order valence-corrected chi connectivity index (χ4v) is 1.99. The van der Waals surface area contributed by atoms with E-state index in [9.17, 15) is 19.1 Å². The maximum Gasteiger partial charge on any atom is 0.347 e. The van der Waals surface area contributed by atoms with Crippen molar-refractivity contribution in [2.75, 3.05) is 6.61 Å². The summed E-state index contributed by atoms with van der Waals surface area (Å²) in [6.07, 6.45) is -3.92. The largest absolute Gasteiger partial charge is 0.394 e. The molecule has 3 N–H and O–H groups in total. The first-order valence-corrected chi connectivity index (χ1v) is 5.69. The Morgan fingerprint density at radius 3 is 2.90 bits per heavy atom. The summed E-state index contributed by atoms with van der Waals surface area (Å²) in [5.74, 6) is 4.42. The molecule has 2 heterocycles. The summed E-state index contributed by atoms with van der Waals surface area (Å²) < 4.78 is 20.5. The highest BCUT2D eigenvalue weighted by Crippen LogP contribution is 2.40. The fraction of sp³-hybridized carbons (Fsp3) is 0.545. The lowest BCUT2D eigenvalue weighted by molar-refractivity contribution is -0.0611. The number of aliphatic hydroxyl groups is 2. The number of aliphatic hydroxyl groups excluding tert-OH is 2. The second kappa shape index (κ2) is 5.16. The fourth-order valence-electron chi connectivity index (χ4n) is 1.99. The number of hydrogen-bond donors (Lipinski definition) is 3. The highest BCUT2D eigenvalue weighted by Gasteiger charge is 2.58. The minimum absolute atomic E-state index is 0.532. The van der Waals surface area contributed by atoms with Gasteiger partial charge in [-0.1, -0.05) is 5.92 Å². The molecular formula is C11H12FN3O5. The van der Waals surface area contributed by atoms with E-state index in [4.69, 9.17) is 9.84 Å². The highest BCUT2D eigenvalue weighted by atomic mass is 19.1. The van der Waals surface area contributed by atoms with Crippen molar-refractivity contribution < 1.29 is 19.3 Å². The smallest absolute Gasteiger partial charge is 0.347 e. The Hall–Kier alpha value is -2.02. The number of nitrogens with zero attached hydrogens (tertiary/aromatic N) is 2. The van der Waals surface area contributed by atoms with Crippen molar-refractivity contribution in [3.63, 3.8) is 0 Å². The molecule has 8 nitrogen and oxygen atoms in total. The van der Waals surface area contributed by atoms with E-state index in [1.54, 1.807) is 0 Å². The van der Waals surface area contributed by atoms with Crippen LogP contribution in [-0.2, 0) is 4.74 Å².